The maximum atomic E-state index is 13.5. The number of hydrogen-bond donors (Lipinski definition) is 1. The lowest BCUT2D eigenvalue weighted by atomic mass is 9.80. The van der Waals surface area contributed by atoms with Gasteiger partial charge in [0.2, 0.25) is 0 Å². The minimum absolute atomic E-state index is 0.0699. The van der Waals surface area contributed by atoms with Crippen molar-refractivity contribution in [2.75, 3.05) is 18.1 Å². The number of rotatable bonds is 2. The van der Waals surface area contributed by atoms with Gasteiger partial charge < -0.3 is 9.84 Å². The van der Waals surface area contributed by atoms with Gasteiger partial charge in [-0.25, -0.2) is 4.39 Å². The molecule has 2 aliphatic heterocycles. The predicted molar refractivity (Wildman–Crippen MR) is 79.7 cm³/mol. The van der Waals surface area contributed by atoms with Gasteiger partial charge in [0.25, 0.3) is 0 Å². The minimum atomic E-state index is -0.645. The first kappa shape index (κ1) is 14.6. The Morgan fingerprint density at radius 2 is 2.35 bits per heavy atom. The average Bonchev–Trinajstić information content (AvgIpc) is 2.89. The molecule has 0 amide bonds. The molecule has 110 valence electrons. The topological polar surface area (TPSA) is 29.5 Å². The highest BCUT2D eigenvalue weighted by molar-refractivity contribution is 7.99. The van der Waals surface area contributed by atoms with Crippen LogP contribution in [0.3, 0.4) is 0 Å². The van der Waals surface area contributed by atoms with Gasteiger partial charge in [0.05, 0.1) is 16.7 Å². The van der Waals surface area contributed by atoms with Crippen LogP contribution in [0.15, 0.2) is 18.2 Å². The summed E-state index contributed by atoms with van der Waals surface area (Å²) < 4.78 is 19.5. The summed E-state index contributed by atoms with van der Waals surface area (Å²) in [5.74, 6) is 1.79. The molecule has 1 spiro atoms. The summed E-state index contributed by atoms with van der Waals surface area (Å²) in [5, 5.41) is 10.6. The summed E-state index contributed by atoms with van der Waals surface area (Å²) in [6.45, 7) is 0.679. The quantitative estimate of drug-likeness (QED) is 0.899. The monoisotopic (exact) mass is 316 g/mol. The van der Waals surface area contributed by atoms with Crippen LogP contribution >= 0.6 is 23.4 Å². The molecule has 0 radical (unpaired) electrons. The zero-order chi connectivity index (χ0) is 14.2. The number of halogens is 2. The molecule has 0 aliphatic carbocycles. The fourth-order valence-electron chi connectivity index (χ4n) is 3.17. The van der Waals surface area contributed by atoms with Crippen molar-refractivity contribution in [2.24, 2.45) is 5.92 Å². The Morgan fingerprint density at radius 1 is 1.50 bits per heavy atom. The molecule has 20 heavy (non-hydrogen) atoms. The lowest BCUT2D eigenvalue weighted by Gasteiger charge is -2.39. The van der Waals surface area contributed by atoms with Crippen molar-refractivity contribution in [2.45, 2.75) is 31.0 Å². The molecular formula is C15H18ClFO2S. The van der Waals surface area contributed by atoms with E-state index in [0.29, 0.717) is 12.2 Å². The largest absolute Gasteiger partial charge is 0.388 e. The maximum absolute atomic E-state index is 13.5. The Bertz CT molecular complexity index is 491. The van der Waals surface area contributed by atoms with Crippen LogP contribution in [-0.2, 0) is 4.74 Å². The fourth-order valence-corrected chi connectivity index (χ4v) is 4.66. The van der Waals surface area contributed by atoms with Crippen molar-refractivity contribution >= 4 is 23.4 Å². The number of aliphatic hydroxyl groups excluding tert-OH is 1. The Kier molecular flexibility index (Phi) is 4.27. The molecule has 3 atom stereocenters. The SMILES string of the molecule is OC(c1ccc(Cl)c(F)c1)C1CCOC2(CCSC2)C1. The molecular weight excluding hydrogens is 299 g/mol. The summed E-state index contributed by atoms with van der Waals surface area (Å²) in [5.41, 5.74) is 0.541. The van der Waals surface area contributed by atoms with E-state index in [2.05, 4.69) is 0 Å². The zero-order valence-corrected chi connectivity index (χ0v) is 12.7. The van der Waals surface area contributed by atoms with Gasteiger partial charge in [-0.05, 0) is 48.6 Å². The van der Waals surface area contributed by atoms with Crippen LogP contribution in [0.25, 0.3) is 0 Å². The average molecular weight is 317 g/mol. The number of thioether (sulfide) groups is 1. The summed E-state index contributed by atoms with van der Waals surface area (Å²) in [6, 6.07) is 4.57. The molecule has 2 heterocycles. The van der Waals surface area contributed by atoms with E-state index in [-0.39, 0.29) is 16.5 Å². The highest BCUT2D eigenvalue weighted by atomic mass is 35.5. The van der Waals surface area contributed by atoms with Crippen LogP contribution in [0.2, 0.25) is 5.02 Å². The summed E-state index contributed by atoms with van der Waals surface area (Å²) in [6.07, 6.45) is 2.08. The lowest BCUT2D eigenvalue weighted by Crippen LogP contribution is -2.41. The van der Waals surface area contributed by atoms with E-state index < -0.39 is 11.9 Å². The van der Waals surface area contributed by atoms with Crippen LogP contribution in [0.4, 0.5) is 4.39 Å². The van der Waals surface area contributed by atoms with Crippen molar-refractivity contribution in [3.8, 4) is 0 Å². The number of benzene rings is 1. The van der Waals surface area contributed by atoms with Gasteiger partial charge in [-0.1, -0.05) is 17.7 Å². The number of ether oxygens (including phenoxy) is 1. The third-order valence-electron chi connectivity index (χ3n) is 4.33. The van der Waals surface area contributed by atoms with Gasteiger partial charge in [0.15, 0.2) is 0 Å². The molecule has 2 fully saturated rings. The highest BCUT2D eigenvalue weighted by Crippen LogP contribution is 2.44. The van der Waals surface area contributed by atoms with E-state index >= 15 is 0 Å². The summed E-state index contributed by atoms with van der Waals surface area (Å²) >= 11 is 7.60. The second kappa shape index (κ2) is 5.84. The molecule has 0 bridgehead atoms. The maximum Gasteiger partial charge on any atom is 0.142 e. The predicted octanol–water partition coefficient (Wildman–Crippen LogP) is 3.81. The second-order valence-corrected chi connectivity index (χ2v) is 7.22. The van der Waals surface area contributed by atoms with Crippen molar-refractivity contribution in [1.82, 2.24) is 0 Å². The molecule has 1 aromatic carbocycles. The molecule has 3 unspecified atom stereocenters. The molecule has 0 aromatic heterocycles. The third kappa shape index (κ3) is 2.84. The van der Waals surface area contributed by atoms with E-state index in [0.717, 1.165) is 30.8 Å². The molecule has 1 N–H and O–H groups in total. The van der Waals surface area contributed by atoms with E-state index in [1.807, 2.05) is 11.8 Å². The van der Waals surface area contributed by atoms with E-state index in [1.54, 1.807) is 6.07 Å². The Hall–Kier alpha value is -0.290. The molecule has 5 heteroatoms. The molecule has 3 rings (SSSR count). The fraction of sp³-hybridized carbons (Fsp3) is 0.600. The Morgan fingerprint density at radius 3 is 3.05 bits per heavy atom. The van der Waals surface area contributed by atoms with Crippen molar-refractivity contribution < 1.29 is 14.2 Å². The van der Waals surface area contributed by atoms with Crippen LogP contribution in [-0.4, -0.2) is 28.8 Å². The van der Waals surface area contributed by atoms with Crippen LogP contribution in [0.5, 0.6) is 0 Å². The van der Waals surface area contributed by atoms with E-state index in [4.69, 9.17) is 16.3 Å². The van der Waals surface area contributed by atoms with E-state index in [9.17, 15) is 9.50 Å². The Labute approximate surface area is 127 Å². The standard InChI is InChI=1S/C15H18ClFO2S/c16-12-2-1-10(7-13(12)17)14(18)11-3-5-19-15(8-11)4-6-20-9-15/h1-2,7,11,14,18H,3-6,8-9H2. The lowest BCUT2D eigenvalue weighted by molar-refractivity contribution is -0.102. The van der Waals surface area contributed by atoms with Gasteiger partial charge >= 0.3 is 0 Å². The van der Waals surface area contributed by atoms with Gasteiger partial charge in [0, 0.05) is 12.4 Å². The first-order valence-corrected chi connectivity index (χ1v) is 8.48. The Balaban J connectivity index is 1.75. The van der Waals surface area contributed by atoms with Crippen LogP contribution < -0.4 is 0 Å². The molecule has 0 saturated carbocycles. The van der Waals surface area contributed by atoms with Crippen molar-refractivity contribution in [3.05, 3.63) is 34.6 Å². The molecule has 2 nitrogen and oxygen atoms in total. The molecule has 2 saturated heterocycles. The molecule has 1 aromatic rings. The number of hydrogen-bond acceptors (Lipinski definition) is 3. The van der Waals surface area contributed by atoms with Gasteiger partial charge in [-0.3, -0.25) is 0 Å². The van der Waals surface area contributed by atoms with Crippen molar-refractivity contribution in [3.63, 3.8) is 0 Å². The first-order chi connectivity index (χ1) is 9.60. The zero-order valence-electron chi connectivity index (χ0n) is 11.1. The van der Waals surface area contributed by atoms with Crippen molar-refractivity contribution in [1.29, 1.82) is 0 Å². The highest BCUT2D eigenvalue weighted by Gasteiger charge is 2.42. The van der Waals surface area contributed by atoms with Crippen LogP contribution in [0.1, 0.15) is 30.9 Å². The second-order valence-electron chi connectivity index (χ2n) is 5.71. The first-order valence-electron chi connectivity index (χ1n) is 6.94. The smallest absolute Gasteiger partial charge is 0.142 e. The minimum Gasteiger partial charge on any atom is -0.388 e. The van der Waals surface area contributed by atoms with Gasteiger partial charge in [0.1, 0.15) is 5.82 Å². The number of aliphatic hydroxyl groups is 1. The third-order valence-corrected chi connectivity index (χ3v) is 5.86. The molecule has 2 aliphatic rings. The van der Waals surface area contributed by atoms with Gasteiger partial charge in [-0.15, -0.1) is 0 Å². The van der Waals surface area contributed by atoms with Crippen LogP contribution in [0, 0.1) is 11.7 Å². The summed E-state index contributed by atoms with van der Waals surface area (Å²) in [7, 11) is 0. The van der Waals surface area contributed by atoms with E-state index in [1.165, 1.54) is 12.1 Å². The van der Waals surface area contributed by atoms with Gasteiger partial charge in [-0.2, -0.15) is 11.8 Å². The normalized spacial score (nSPS) is 31.6. The summed E-state index contributed by atoms with van der Waals surface area (Å²) in [4.78, 5) is 0.